The van der Waals surface area contributed by atoms with Crippen molar-refractivity contribution in [1.82, 2.24) is 10.2 Å². The standard InChI is InChI=1S/C13H18INO5.C7H6BrI.C6H12ClNO5.H14P12/c14-8-3-1-7(2-4-8)5-15-10-12(18)11(17)9(6-16)20-13(10)19;8-5-6-1-3-7(9)4-2-6;7-8-3-5(11)4(10)2(1-9)13-6(3)12;1-7-11(6)8-12(9(2)3)10(4)5/h1-4,9-13,15-19H,5-6H2;1-4H,5H2;2-6,8-12H,1H2;7-8H,1-6H2/t9-,10-,11-,12-,13?;;2-,3-,4-,5-,6?;/m1.1./s1/i;;;8T. The molecule has 0 saturated carbocycles. The number of aliphatic hydroxyl groups is 8. The van der Waals surface area contributed by atoms with Crippen molar-refractivity contribution >= 4 is 170 Å². The van der Waals surface area contributed by atoms with Crippen LogP contribution in [0.4, 0.5) is 0 Å². The largest absolute Gasteiger partial charge is 0.394 e. The average Bonchev–Trinajstić information content (AvgIpc) is 3.15. The van der Waals surface area contributed by atoms with E-state index >= 15 is 0 Å². The third-order valence-electron chi connectivity index (χ3n) is 7.17. The summed E-state index contributed by atoms with van der Waals surface area (Å²) in [5.74, 6) is 0. The van der Waals surface area contributed by atoms with Crippen LogP contribution in [-0.2, 0) is 21.3 Å². The Kier molecular flexibility index (Phi) is 33.0. The fraction of sp³-hybridized carbons (Fsp3) is 0.538. The lowest BCUT2D eigenvalue weighted by molar-refractivity contribution is -0.254. The molecule has 2 aliphatic rings. The predicted octanol–water partition coefficient (Wildman–Crippen LogP) is 6.48. The Bertz CT molecular complexity index is 1330. The molecule has 12 nitrogen and oxygen atoms in total. The minimum atomic E-state index is -1.35. The Morgan fingerprint density at radius 1 is 0.741 bits per heavy atom. The Morgan fingerprint density at radius 3 is 1.52 bits per heavy atom. The molecule has 2 heterocycles. The van der Waals surface area contributed by atoms with Gasteiger partial charge in [0.05, 0.1) is 20.5 Å². The molecule has 0 radical (unpaired) electrons. The molecule has 2 aromatic rings. The van der Waals surface area contributed by atoms with E-state index in [2.05, 4.69) is 149 Å². The normalized spacial score (nSPS) is 29.8. The number of nitrogens with one attached hydrogen (secondary N) is 2. The molecule has 28 heteroatoms. The van der Waals surface area contributed by atoms with Crippen molar-refractivity contribution in [2.24, 2.45) is 0 Å². The predicted molar refractivity (Wildman–Crippen MR) is 277 cm³/mol. The number of rotatable bonds is 12. The second kappa shape index (κ2) is 32.1. The van der Waals surface area contributed by atoms with E-state index in [4.69, 9.17) is 32.7 Å². The van der Waals surface area contributed by atoms with Crippen LogP contribution in [0.3, 0.4) is 0 Å². The summed E-state index contributed by atoms with van der Waals surface area (Å²) in [6.45, 7) is -0.795. The zero-order valence-corrected chi connectivity index (χ0v) is 47.4. The van der Waals surface area contributed by atoms with Crippen molar-refractivity contribution in [3.63, 3.8) is 0 Å². The summed E-state index contributed by atoms with van der Waals surface area (Å²) in [4.78, 5) is 2.08. The molecular weight excluding hydrogens is 1240 g/mol. The molecule has 19 atom stereocenters. The Hall–Kier alpha value is 5.35. The summed E-state index contributed by atoms with van der Waals surface area (Å²) in [5, 5.41) is 79.0. The second-order valence-corrected chi connectivity index (χ2v) is 55.6. The molecule has 312 valence electrons. The van der Waals surface area contributed by atoms with Crippen molar-refractivity contribution in [3.8, 4) is 0 Å². The number of benzene rings is 2. The molecule has 0 aromatic heterocycles. The fourth-order valence-electron chi connectivity index (χ4n) is 4.27. The zero-order valence-electron chi connectivity index (χ0n) is 29.3. The average molecular weight is 1290 g/mol. The van der Waals surface area contributed by atoms with Crippen LogP contribution in [0.15, 0.2) is 48.5 Å². The van der Waals surface area contributed by atoms with Gasteiger partial charge in [0.1, 0.15) is 42.7 Å². The van der Waals surface area contributed by atoms with Crippen LogP contribution in [0.5, 0.6) is 0 Å². The number of ether oxygens (including phenoxy) is 2. The molecule has 0 spiro atoms. The van der Waals surface area contributed by atoms with Crippen LogP contribution < -0.4 is 10.2 Å². The molecule has 4 rings (SSSR count). The highest BCUT2D eigenvalue weighted by atomic mass is 127. The van der Waals surface area contributed by atoms with Gasteiger partial charge in [-0.25, -0.2) is 4.84 Å². The molecular formula is C26H50BrClI2N2O10P12. The monoisotopic (exact) mass is 1290 g/mol. The van der Waals surface area contributed by atoms with E-state index in [1.807, 2.05) is 24.3 Å². The molecule has 2 saturated heterocycles. The minimum absolute atomic E-state index is 0.0563. The van der Waals surface area contributed by atoms with Gasteiger partial charge in [0.2, 0.25) is 0 Å². The van der Waals surface area contributed by atoms with E-state index < -0.39 is 82.4 Å². The third-order valence-corrected chi connectivity index (χ3v) is 67.2. The van der Waals surface area contributed by atoms with Gasteiger partial charge >= 0.3 is 0 Å². The maximum Gasteiger partial charge on any atom is 0.174 e. The maximum absolute atomic E-state index is 9.97. The fourth-order valence-corrected chi connectivity index (χ4v) is 83.9. The first-order valence-corrected chi connectivity index (χ1v) is 39.8. The number of hydrogen-bond donors (Lipinski definition) is 10. The molecule has 2 fully saturated rings. The van der Waals surface area contributed by atoms with Crippen molar-refractivity contribution in [1.29, 1.82) is 1.28 Å². The Labute approximate surface area is 381 Å². The van der Waals surface area contributed by atoms with Crippen LogP contribution in [0.2, 0.25) is 0 Å². The summed E-state index contributed by atoms with van der Waals surface area (Å²) >= 11 is 13.1. The van der Waals surface area contributed by atoms with Gasteiger partial charge in [0.25, 0.3) is 0 Å². The van der Waals surface area contributed by atoms with E-state index in [1.165, 1.54) is 9.13 Å². The summed E-state index contributed by atoms with van der Waals surface area (Å²) in [6, 6.07) is 14.5. The zero-order chi connectivity index (χ0) is 42.0. The van der Waals surface area contributed by atoms with Crippen molar-refractivity contribution in [3.05, 3.63) is 66.8 Å². The van der Waals surface area contributed by atoms with Gasteiger partial charge in [-0.3, -0.25) is 0 Å². The number of aliphatic hydroxyl groups excluding tert-OH is 8. The van der Waals surface area contributed by atoms with Gasteiger partial charge in [-0.15, -0.1) is 53.6 Å². The number of halogens is 4. The first-order chi connectivity index (χ1) is 25.9. The van der Waals surface area contributed by atoms with Gasteiger partial charge in [-0.1, -0.05) is 56.1 Å². The molecule has 11 unspecified atom stereocenters. The SMILES string of the molecule is BrCc1ccc(I)cc1.OC[C@H]1OC(O)[C@H](NCc2ccc(I)cc2)[C@@H](O)[C@@H]1O.OC[C@H]1OC(O)[C@H](NCl)[C@@H](O)[C@@H]1O.[3H]P(P(P)PP)P(P(P)P)P(P)P. The summed E-state index contributed by atoms with van der Waals surface area (Å²) < 4.78 is 20.5. The molecule has 54 heavy (non-hydrogen) atoms. The first-order valence-electron chi connectivity index (χ1n) is 15.8. The Morgan fingerprint density at radius 2 is 1.15 bits per heavy atom. The van der Waals surface area contributed by atoms with Crippen LogP contribution in [0.25, 0.3) is 0 Å². The van der Waals surface area contributed by atoms with Crippen LogP contribution in [-0.4, -0.2) is 117 Å². The van der Waals surface area contributed by atoms with Crippen LogP contribution in [0, 0.1) is 7.14 Å². The van der Waals surface area contributed by atoms with Gasteiger partial charge in [0.15, 0.2) is 12.6 Å². The smallest absolute Gasteiger partial charge is 0.174 e. The van der Waals surface area contributed by atoms with E-state index in [1.54, 1.807) is 0 Å². The topological polar surface area (TPSA) is 204 Å². The lowest BCUT2D eigenvalue weighted by Crippen LogP contribution is -2.63. The summed E-state index contributed by atoms with van der Waals surface area (Å²) in [7, 11) is 17.8. The highest BCUT2D eigenvalue weighted by Crippen LogP contribution is 3.09. The van der Waals surface area contributed by atoms with E-state index in [0.717, 1.165) is 22.4 Å². The van der Waals surface area contributed by atoms with Crippen molar-refractivity contribution in [2.75, 3.05) is 13.2 Å². The Balaban J connectivity index is 0.000000382. The van der Waals surface area contributed by atoms with Crippen LogP contribution >= 0.6 is 170 Å². The number of hydrogen-bond acceptors (Lipinski definition) is 12. The highest BCUT2D eigenvalue weighted by molar-refractivity contribution is 14.1. The quantitative estimate of drug-likeness (QED) is 0.0480. The van der Waals surface area contributed by atoms with Crippen molar-refractivity contribution < 1.29 is 50.3 Å². The second-order valence-electron chi connectivity index (χ2n) is 11.0. The van der Waals surface area contributed by atoms with Gasteiger partial charge in [-0.05, 0) is 120 Å². The molecule has 2 aromatic carbocycles. The molecule has 0 amide bonds. The van der Waals surface area contributed by atoms with E-state index in [-0.39, 0.29) is 27.9 Å². The third kappa shape index (κ3) is 21.4. The van der Waals surface area contributed by atoms with Crippen molar-refractivity contribution in [2.45, 2.75) is 73.2 Å². The minimum Gasteiger partial charge on any atom is -0.394 e. The number of alkyl halides is 1. The molecule has 10 N–H and O–H groups in total. The van der Waals surface area contributed by atoms with E-state index in [9.17, 15) is 30.6 Å². The maximum atomic E-state index is 9.97. The highest BCUT2D eigenvalue weighted by Gasteiger charge is 2.44. The first kappa shape index (κ1) is 55.5. The van der Waals surface area contributed by atoms with Gasteiger partial charge in [0, 0.05) is 19.0 Å². The summed E-state index contributed by atoms with van der Waals surface area (Å²) in [6.07, 6.45) is -9.61. The van der Waals surface area contributed by atoms with Gasteiger partial charge < -0.3 is 55.6 Å². The lowest BCUT2D eigenvalue weighted by atomic mass is 9.97. The van der Waals surface area contributed by atoms with Crippen LogP contribution in [0.1, 0.15) is 11.1 Å². The summed E-state index contributed by atoms with van der Waals surface area (Å²) in [5.41, 5.74) is 2.32. The van der Waals surface area contributed by atoms with E-state index in [0.29, 0.717) is 6.54 Å². The lowest BCUT2D eigenvalue weighted by Gasteiger charge is -2.40. The molecule has 0 aliphatic carbocycles. The molecule has 2 aliphatic heterocycles. The van der Waals surface area contributed by atoms with Gasteiger partial charge in [-0.2, -0.15) is 0 Å². The molecule has 0 bridgehead atoms.